The molecule has 0 aliphatic heterocycles. The third-order valence-corrected chi connectivity index (χ3v) is 2.63. The fourth-order valence-electron chi connectivity index (χ4n) is 1.36. The molecule has 5 heteroatoms. The van der Waals surface area contributed by atoms with Gasteiger partial charge < -0.3 is 5.32 Å². The Morgan fingerprint density at radius 2 is 2.00 bits per heavy atom. The van der Waals surface area contributed by atoms with Crippen LogP contribution in [-0.4, -0.2) is 4.98 Å². The van der Waals surface area contributed by atoms with E-state index in [1.165, 1.54) is 12.1 Å². The first-order chi connectivity index (χ1) is 8.15. The number of benzene rings is 1. The van der Waals surface area contributed by atoms with E-state index in [-0.39, 0.29) is 6.54 Å². The normalized spacial score (nSPS) is 10.3. The summed E-state index contributed by atoms with van der Waals surface area (Å²) in [6.45, 7) is 0.259. The molecule has 2 rings (SSSR count). The fraction of sp³-hybridized carbons (Fsp3) is 0.0833. The molecule has 0 radical (unpaired) electrons. The van der Waals surface area contributed by atoms with Crippen LogP contribution in [0.4, 0.5) is 14.6 Å². The van der Waals surface area contributed by atoms with Crippen LogP contribution in [0.25, 0.3) is 0 Å². The first-order valence-electron chi connectivity index (χ1n) is 4.95. The molecule has 0 saturated heterocycles. The molecule has 0 atom stereocenters. The summed E-state index contributed by atoms with van der Waals surface area (Å²) in [5, 5.41) is 2.96. The van der Waals surface area contributed by atoms with Gasteiger partial charge in [-0.2, -0.15) is 0 Å². The van der Waals surface area contributed by atoms with E-state index in [1.54, 1.807) is 12.1 Å². The summed E-state index contributed by atoms with van der Waals surface area (Å²) in [5.74, 6) is -0.512. The van der Waals surface area contributed by atoms with Gasteiger partial charge in [0.05, 0.1) is 0 Å². The number of rotatable bonds is 3. The molecule has 88 valence electrons. The van der Waals surface area contributed by atoms with Crippen molar-refractivity contribution < 1.29 is 8.78 Å². The zero-order valence-corrected chi connectivity index (χ0v) is 10.3. The van der Waals surface area contributed by atoms with Gasteiger partial charge >= 0.3 is 0 Å². The quantitative estimate of drug-likeness (QED) is 0.873. The second kappa shape index (κ2) is 5.23. The summed E-state index contributed by atoms with van der Waals surface area (Å²) in [4.78, 5) is 4.14. The van der Waals surface area contributed by atoms with Crippen molar-refractivity contribution in [1.82, 2.24) is 4.98 Å². The van der Waals surface area contributed by atoms with Gasteiger partial charge in [-0.15, -0.1) is 0 Å². The van der Waals surface area contributed by atoms with Crippen molar-refractivity contribution in [3.8, 4) is 0 Å². The Labute approximate surface area is 106 Å². The molecule has 2 aromatic rings. The third-order valence-electron chi connectivity index (χ3n) is 2.19. The molecule has 0 bridgehead atoms. The highest BCUT2D eigenvalue weighted by Gasteiger charge is 2.03. The van der Waals surface area contributed by atoms with Crippen molar-refractivity contribution in [2.75, 3.05) is 5.32 Å². The second-order valence-corrected chi connectivity index (χ2v) is 4.25. The number of halogens is 3. The number of pyridine rings is 1. The molecule has 2 nitrogen and oxygen atoms in total. The van der Waals surface area contributed by atoms with Crippen LogP contribution in [0, 0.1) is 11.6 Å². The molecule has 0 aliphatic rings. The van der Waals surface area contributed by atoms with Gasteiger partial charge in [-0.25, -0.2) is 13.8 Å². The summed E-state index contributed by atoms with van der Waals surface area (Å²) in [7, 11) is 0. The summed E-state index contributed by atoms with van der Waals surface area (Å²) in [6.07, 6.45) is 0. The zero-order chi connectivity index (χ0) is 12.3. The standard InChI is InChI=1S/C12H9BrF2N2/c13-11-2-1-3-12(17-11)16-7-8-4-5-9(14)6-10(8)15/h1-6H,7H2,(H,16,17). The fourth-order valence-corrected chi connectivity index (χ4v) is 1.70. The van der Waals surface area contributed by atoms with Gasteiger partial charge in [0, 0.05) is 18.2 Å². The monoisotopic (exact) mass is 298 g/mol. The van der Waals surface area contributed by atoms with Gasteiger partial charge in [0.1, 0.15) is 22.1 Å². The second-order valence-electron chi connectivity index (χ2n) is 3.43. The van der Waals surface area contributed by atoms with Crippen molar-refractivity contribution in [1.29, 1.82) is 0 Å². The van der Waals surface area contributed by atoms with Gasteiger partial charge in [-0.1, -0.05) is 12.1 Å². The van der Waals surface area contributed by atoms with Crippen LogP contribution < -0.4 is 5.32 Å². The number of hydrogen-bond donors (Lipinski definition) is 1. The van der Waals surface area contributed by atoms with Crippen molar-refractivity contribution in [3.05, 3.63) is 58.2 Å². The van der Waals surface area contributed by atoms with Crippen LogP contribution >= 0.6 is 15.9 Å². The summed E-state index contributed by atoms with van der Waals surface area (Å²) in [5.41, 5.74) is 0.396. The first kappa shape index (κ1) is 12.0. The summed E-state index contributed by atoms with van der Waals surface area (Å²) in [6, 6.07) is 8.89. The Morgan fingerprint density at radius 1 is 1.18 bits per heavy atom. The Morgan fingerprint density at radius 3 is 2.71 bits per heavy atom. The Bertz CT molecular complexity index is 532. The Kier molecular flexibility index (Phi) is 3.68. The average Bonchev–Trinajstić information content (AvgIpc) is 2.28. The number of anilines is 1. The lowest BCUT2D eigenvalue weighted by molar-refractivity contribution is 0.574. The Hall–Kier alpha value is -1.49. The topological polar surface area (TPSA) is 24.9 Å². The highest BCUT2D eigenvalue weighted by Crippen LogP contribution is 2.13. The van der Waals surface area contributed by atoms with Crippen LogP contribution in [-0.2, 0) is 6.54 Å². The van der Waals surface area contributed by atoms with E-state index in [9.17, 15) is 8.78 Å². The number of hydrogen-bond acceptors (Lipinski definition) is 2. The largest absolute Gasteiger partial charge is 0.366 e. The van der Waals surface area contributed by atoms with Gasteiger partial charge in [0.15, 0.2) is 0 Å². The summed E-state index contributed by atoms with van der Waals surface area (Å²) >= 11 is 3.24. The molecule has 0 amide bonds. The maximum Gasteiger partial charge on any atom is 0.131 e. The van der Waals surface area contributed by atoms with E-state index in [0.717, 1.165) is 6.07 Å². The minimum Gasteiger partial charge on any atom is -0.366 e. The predicted molar refractivity (Wildman–Crippen MR) is 65.6 cm³/mol. The van der Waals surface area contributed by atoms with E-state index < -0.39 is 11.6 Å². The molecule has 0 unspecified atom stereocenters. The molecule has 1 N–H and O–H groups in total. The summed E-state index contributed by atoms with van der Waals surface area (Å²) < 4.78 is 26.7. The van der Waals surface area contributed by atoms with Crippen LogP contribution in [0.15, 0.2) is 41.0 Å². The molecule has 1 aromatic heterocycles. The van der Waals surface area contributed by atoms with Crippen LogP contribution in [0.5, 0.6) is 0 Å². The molecular weight excluding hydrogens is 290 g/mol. The zero-order valence-electron chi connectivity index (χ0n) is 8.75. The van der Waals surface area contributed by atoms with Crippen molar-refractivity contribution >= 4 is 21.7 Å². The van der Waals surface area contributed by atoms with Gasteiger partial charge in [0.2, 0.25) is 0 Å². The minimum absolute atomic E-state index is 0.259. The maximum atomic E-state index is 13.3. The van der Waals surface area contributed by atoms with Crippen LogP contribution in [0.2, 0.25) is 0 Å². The molecule has 0 saturated carbocycles. The lowest BCUT2D eigenvalue weighted by Crippen LogP contribution is -2.03. The van der Waals surface area contributed by atoms with Crippen LogP contribution in [0.3, 0.4) is 0 Å². The molecule has 0 aliphatic carbocycles. The first-order valence-corrected chi connectivity index (χ1v) is 5.75. The van der Waals surface area contributed by atoms with E-state index in [4.69, 9.17) is 0 Å². The molecule has 1 aromatic carbocycles. The lowest BCUT2D eigenvalue weighted by atomic mass is 10.2. The van der Waals surface area contributed by atoms with Gasteiger partial charge in [-0.05, 0) is 34.1 Å². The molecule has 17 heavy (non-hydrogen) atoms. The maximum absolute atomic E-state index is 13.3. The Balaban J connectivity index is 2.07. The van der Waals surface area contributed by atoms with Gasteiger partial charge in [-0.3, -0.25) is 0 Å². The SMILES string of the molecule is Fc1ccc(CNc2cccc(Br)n2)c(F)c1. The highest BCUT2D eigenvalue weighted by molar-refractivity contribution is 9.10. The minimum atomic E-state index is -0.577. The lowest BCUT2D eigenvalue weighted by Gasteiger charge is -2.06. The molecule has 0 spiro atoms. The van der Waals surface area contributed by atoms with Crippen molar-refractivity contribution in [2.24, 2.45) is 0 Å². The highest BCUT2D eigenvalue weighted by atomic mass is 79.9. The number of nitrogens with one attached hydrogen (secondary N) is 1. The van der Waals surface area contributed by atoms with Crippen LogP contribution in [0.1, 0.15) is 5.56 Å². The van der Waals surface area contributed by atoms with E-state index in [0.29, 0.717) is 16.0 Å². The van der Waals surface area contributed by atoms with Gasteiger partial charge in [0.25, 0.3) is 0 Å². The number of aromatic nitrogens is 1. The molecular formula is C12H9BrF2N2. The van der Waals surface area contributed by atoms with E-state index in [1.807, 2.05) is 6.07 Å². The van der Waals surface area contributed by atoms with E-state index in [2.05, 4.69) is 26.2 Å². The van der Waals surface area contributed by atoms with Crippen molar-refractivity contribution in [3.63, 3.8) is 0 Å². The predicted octanol–water partition coefficient (Wildman–Crippen LogP) is 3.73. The smallest absolute Gasteiger partial charge is 0.131 e. The van der Waals surface area contributed by atoms with Crippen molar-refractivity contribution in [2.45, 2.75) is 6.54 Å². The average molecular weight is 299 g/mol. The third kappa shape index (κ3) is 3.23. The molecule has 1 heterocycles. The van der Waals surface area contributed by atoms with E-state index >= 15 is 0 Å². The molecule has 0 fully saturated rings. The number of nitrogens with zero attached hydrogens (tertiary/aromatic N) is 1.